The van der Waals surface area contributed by atoms with Crippen LogP contribution < -0.4 is 5.32 Å². The lowest BCUT2D eigenvalue weighted by Gasteiger charge is -2.28. The van der Waals surface area contributed by atoms with Crippen molar-refractivity contribution in [3.05, 3.63) is 35.4 Å². The van der Waals surface area contributed by atoms with E-state index < -0.39 is 0 Å². The average Bonchev–Trinajstić information content (AvgIpc) is 2.76. The number of rotatable bonds is 2. The van der Waals surface area contributed by atoms with E-state index in [9.17, 15) is 4.79 Å². The molecule has 0 spiro atoms. The summed E-state index contributed by atoms with van der Waals surface area (Å²) in [5.41, 5.74) is 1.26. The molecular weight excluding hydrogens is 224 g/mol. The maximum Gasteiger partial charge on any atom is 0.166 e. The molecule has 1 N–H and O–H groups in total. The van der Waals surface area contributed by atoms with Crippen molar-refractivity contribution >= 4 is 5.78 Å². The number of Topliss-reactive ketones (excluding diaryl/α,β-unsaturated/α-hetero) is 1. The van der Waals surface area contributed by atoms with Gasteiger partial charge in [0.2, 0.25) is 0 Å². The normalized spacial score (nSPS) is 29.8. The number of fused-ring (bicyclic) bond motifs is 2. The highest BCUT2D eigenvalue weighted by Crippen LogP contribution is 2.32. The Labute approximate surface area is 107 Å². The number of carbonyl (C=O) groups is 1. The van der Waals surface area contributed by atoms with Gasteiger partial charge in [-0.05, 0) is 37.8 Å². The molecule has 2 saturated heterocycles. The van der Waals surface area contributed by atoms with Gasteiger partial charge in [-0.2, -0.15) is 5.26 Å². The quantitative estimate of drug-likeness (QED) is 0.807. The van der Waals surface area contributed by atoms with Gasteiger partial charge in [-0.25, -0.2) is 0 Å². The van der Waals surface area contributed by atoms with Gasteiger partial charge >= 0.3 is 0 Å². The molecule has 92 valence electrons. The number of nitrogens with zero attached hydrogens (tertiary/aromatic N) is 1. The van der Waals surface area contributed by atoms with Crippen molar-refractivity contribution in [2.45, 2.75) is 37.8 Å². The number of nitrogens with one attached hydrogen (secondary N) is 1. The molecule has 2 bridgehead atoms. The molecule has 3 heteroatoms. The van der Waals surface area contributed by atoms with E-state index in [2.05, 4.69) is 11.4 Å². The monoisotopic (exact) mass is 240 g/mol. The third-order valence-corrected chi connectivity index (χ3v) is 4.12. The van der Waals surface area contributed by atoms with E-state index in [1.165, 1.54) is 12.8 Å². The molecule has 0 radical (unpaired) electrons. The summed E-state index contributed by atoms with van der Waals surface area (Å²) in [5.74, 6) is 0.350. The fourth-order valence-corrected chi connectivity index (χ4v) is 3.25. The van der Waals surface area contributed by atoms with Crippen molar-refractivity contribution in [1.82, 2.24) is 5.32 Å². The third-order valence-electron chi connectivity index (χ3n) is 4.12. The second-order valence-corrected chi connectivity index (χ2v) is 5.36. The van der Waals surface area contributed by atoms with Gasteiger partial charge in [0.1, 0.15) is 0 Å². The standard InChI is InChI=1S/C15H16N2O/c16-9-10-2-1-3-11(6-10)15(18)12-7-13-4-5-14(8-12)17-13/h1-3,6,12-14,17H,4-5,7-8H2. The number of piperidine rings is 1. The molecule has 0 aromatic heterocycles. The van der Waals surface area contributed by atoms with Gasteiger partial charge in [0.05, 0.1) is 11.6 Å². The molecule has 2 heterocycles. The van der Waals surface area contributed by atoms with Gasteiger partial charge in [0.15, 0.2) is 5.78 Å². The molecule has 2 atom stereocenters. The molecular formula is C15H16N2O. The SMILES string of the molecule is N#Cc1cccc(C(=O)C2CC3CCC(C2)N3)c1. The van der Waals surface area contributed by atoms with Crippen LogP contribution in [0.2, 0.25) is 0 Å². The van der Waals surface area contributed by atoms with Crippen LogP contribution >= 0.6 is 0 Å². The molecule has 0 saturated carbocycles. The Morgan fingerprint density at radius 2 is 2.00 bits per heavy atom. The van der Waals surface area contributed by atoms with Crippen LogP contribution in [0, 0.1) is 17.2 Å². The van der Waals surface area contributed by atoms with Crippen LogP contribution in [0.15, 0.2) is 24.3 Å². The van der Waals surface area contributed by atoms with Gasteiger partial charge in [-0.1, -0.05) is 12.1 Å². The maximum absolute atomic E-state index is 12.4. The Morgan fingerprint density at radius 1 is 1.28 bits per heavy atom. The van der Waals surface area contributed by atoms with Crippen molar-refractivity contribution in [1.29, 1.82) is 5.26 Å². The zero-order valence-electron chi connectivity index (χ0n) is 10.2. The summed E-state index contributed by atoms with van der Waals surface area (Å²) < 4.78 is 0. The Kier molecular flexibility index (Phi) is 2.89. The minimum atomic E-state index is 0.137. The first-order valence-corrected chi connectivity index (χ1v) is 6.56. The van der Waals surface area contributed by atoms with Crippen LogP contribution in [0.25, 0.3) is 0 Å². The van der Waals surface area contributed by atoms with E-state index in [1.807, 2.05) is 6.07 Å². The molecule has 2 unspecified atom stereocenters. The summed E-state index contributed by atoms with van der Waals surface area (Å²) in [4.78, 5) is 12.4. The van der Waals surface area contributed by atoms with Crippen molar-refractivity contribution < 1.29 is 4.79 Å². The zero-order valence-corrected chi connectivity index (χ0v) is 10.2. The van der Waals surface area contributed by atoms with E-state index >= 15 is 0 Å². The van der Waals surface area contributed by atoms with E-state index in [0.717, 1.165) is 12.8 Å². The highest BCUT2D eigenvalue weighted by molar-refractivity contribution is 5.98. The van der Waals surface area contributed by atoms with Crippen LogP contribution in [0.4, 0.5) is 0 Å². The summed E-state index contributed by atoms with van der Waals surface area (Å²) >= 11 is 0. The second-order valence-electron chi connectivity index (χ2n) is 5.36. The van der Waals surface area contributed by atoms with E-state index in [1.54, 1.807) is 18.2 Å². The number of hydrogen-bond donors (Lipinski definition) is 1. The molecule has 0 aliphatic carbocycles. The molecule has 2 fully saturated rings. The van der Waals surface area contributed by atoms with Gasteiger partial charge in [-0.15, -0.1) is 0 Å². The largest absolute Gasteiger partial charge is 0.311 e. The fraction of sp³-hybridized carbons (Fsp3) is 0.467. The molecule has 2 aliphatic heterocycles. The van der Waals surface area contributed by atoms with Crippen LogP contribution in [-0.2, 0) is 0 Å². The van der Waals surface area contributed by atoms with Crippen molar-refractivity contribution in [2.75, 3.05) is 0 Å². The number of benzene rings is 1. The second kappa shape index (κ2) is 4.55. The molecule has 1 aromatic carbocycles. The molecule has 3 rings (SSSR count). The molecule has 0 amide bonds. The van der Waals surface area contributed by atoms with E-state index in [0.29, 0.717) is 23.2 Å². The molecule has 1 aromatic rings. The van der Waals surface area contributed by atoms with Crippen molar-refractivity contribution in [2.24, 2.45) is 5.92 Å². The third kappa shape index (κ3) is 2.04. The molecule has 2 aliphatic rings. The van der Waals surface area contributed by atoms with Gasteiger partial charge in [-0.3, -0.25) is 4.79 Å². The van der Waals surface area contributed by atoms with Crippen LogP contribution in [0.1, 0.15) is 41.6 Å². The molecule has 18 heavy (non-hydrogen) atoms. The van der Waals surface area contributed by atoms with Crippen molar-refractivity contribution in [3.63, 3.8) is 0 Å². The highest BCUT2D eigenvalue weighted by Gasteiger charge is 2.36. The Hall–Kier alpha value is -1.66. The summed E-state index contributed by atoms with van der Waals surface area (Å²) in [6, 6.07) is 10.2. The van der Waals surface area contributed by atoms with Crippen molar-refractivity contribution in [3.8, 4) is 6.07 Å². The first kappa shape index (κ1) is 11.4. The number of ketones is 1. The van der Waals surface area contributed by atoms with E-state index in [4.69, 9.17) is 5.26 Å². The van der Waals surface area contributed by atoms with Gasteiger partial charge < -0.3 is 5.32 Å². The highest BCUT2D eigenvalue weighted by atomic mass is 16.1. The van der Waals surface area contributed by atoms with E-state index in [-0.39, 0.29) is 11.7 Å². The predicted octanol–water partition coefficient (Wildman–Crippen LogP) is 2.27. The zero-order chi connectivity index (χ0) is 12.5. The number of nitriles is 1. The minimum Gasteiger partial charge on any atom is -0.311 e. The summed E-state index contributed by atoms with van der Waals surface area (Å²) in [5, 5.41) is 12.4. The Balaban J connectivity index is 1.80. The fourth-order valence-electron chi connectivity index (χ4n) is 3.25. The maximum atomic E-state index is 12.4. The Morgan fingerprint density at radius 3 is 2.67 bits per heavy atom. The number of carbonyl (C=O) groups excluding carboxylic acids is 1. The average molecular weight is 240 g/mol. The summed E-state index contributed by atoms with van der Waals surface area (Å²) in [7, 11) is 0. The first-order valence-electron chi connectivity index (χ1n) is 6.56. The van der Waals surface area contributed by atoms with Gasteiger partial charge in [0, 0.05) is 23.6 Å². The molecule has 3 nitrogen and oxygen atoms in total. The van der Waals surface area contributed by atoms with Crippen LogP contribution in [0.3, 0.4) is 0 Å². The minimum absolute atomic E-state index is 0.137. The lowest BCUT2D eigenvalue weighted by atomic mass is 9.85. The predicted molar refractivity (Wildman–Crippen MR) is 68.2 cm³/mol. The lowest BCUT2D eigenvalue weighted by molar-refractivity contribution is 0.0875. The summed E-state index contributed by atoms with van der Waals surface area (Å²) in [6.45, 7) is 0. The van der Waals surface area contributed by atoms with Gasteiger partial charge in [0.25, 0.3) is 0 Å². The lowest BCUT2D eigenvalue weighted by Crippen LogP contribution is -2.40. The summed E-state index contributed by atoms with van der Waals surface area (Å²) in [6.07, 6.45) is 4.30. The number of hydrogen-bond acceptors (Lipinski definition) is 3. The smallest absolute Gasteiger partial charge is 0.166 e. The first-order chi connectivity index (χ1) is 8.76. The van der Waals surface area contributed by atoms with Crippen LogP contribution in [0.5, 0.6) is 0 Å². The Bertz CT molecular complexity index is 505. The topological polar surface area (TPSA) is 52.9 Å². The van der Waals surface area contributed by atoms with Crippen LogP contribution in [-0.4, -0.2) is 17.9 Å².